The summed E-state index contributed by atoms with van der Waals surface area (Å²) < 4.78 is 36.9. The van der Waals surface area contributed by atoms with Crippen LogP contribution in [0.15, 0.2) is 10.5 Å². The van der Waals surface area contributed by atoms with E-state index in [0.717, 1.165) is 9.35 Å². The second kappa shape index (κ2) is 4.20. The van der Waals surface area contributed by atoms with E-state index in [-0.39, 0.29) is 0 Å². The van der Waals surface area contributed by atoms with E-state index in [0.29, 0.717) is 4.88 Å². The first kappa shape index (κ1) is 12.0. The first-order chi connectivity index (χ1) is 6.29. The van der Waals surface area contributed by atoms with Gasteiger partial charge >= 0.3 is 6.18 Å². The summed E-state index contributed by atoms with van der Waals surface area (Å²) in [6.07, 6.45) is -5.18. The SMILES string of the molecule is Cc1sc(C(N)CC(F)(F)F)cc1Br. The fourth-order valence-corrected chi connectivity index (χ4v) is 2.58. The fraction of sp³-hybridized carbons (Fsp3) is 0.500. The zero-order valence-electron chi connectivity index (χ0n) is 7.36. The van der Waals surface area contributed by atoms with Gasteiger partial charge in [-0.1, -0.05) is 0 Å². The van der Waals surface area contributed by atoms with Gasteiger partial charge < -0.3 is 5.73 Å². The Bertz CT molecular complexity index is 301. The van der Waals surface area contributed by atoms with Crippen molar-refractivity contribution in [3.63, 3.8) is 0 Å². The van der Waals surface area contributed by atoms with Gasteiger partial charge in [0.05, 0.1) is 6.42 Å². The number of rotatable bonds is 2. The highest BCUT2D eigenvalue weighted by atomic mass is 79.9. The van der Waals surface area contributed by atoms with E-state index >= 15 is 0 Å². The number of hydrogen-bond donors (Lipinski definition) is 1. The number of hydrogen-bond acceptors (Lipinski definition) is 2. The lowest BCUT2D eigenvalue weighted by atomic mass is 10.2. The molecule has 1 heterocycles. The van der Waals surface area contributed by atoms with Crippen molar-refractivity contribution < 1.29 is 13.2 Å². The molecule has 0 saturated carbocycles. The van der Waals surface area contributed by atoms with E-state index in [1.165, 1.54) is 11.3 Å². The van der Waals surface area contributed by atoms with E-state index in [4.69, 9.17) is 5.73 Å². The second-order valence-electron chi connectivity index (χ2n) is 2.98. The van der Waals surface area contributed by atoms with Crippen molar-refractivity contribution in [2.45, 2.75) is 25.6 Å². The Morgan fingerprint density at radius 2 is 2.14 bits per heavy atom. The smallest absolute Gasteiger partial charge is 0.323 e. The zero-order chi connectivity index (χ0) is 10.9. The first-order valence-electron chi connectivity index (χ1n) is 3.88. The molecule has 0 fully saturated rings. The van der Waals surface area contributed by atoms with Crippen LogP contribution in [0.3, 0.4) is 0 Å². The number of halogens is 4. The van der Waals surface area contributed by atoms with Crippen LogP contribution < -0.4 is 5.73 Å². The molecule has 0 aliphatic heterocycles. The van der Waals surface area contributed by atoms with Gasteiger partial charge in [-0.2, -0.15) is 13.2 Å². The molecule has 1 aromatic rings. The van der Waals surface area contributed by atoms with E-state index < -0.39 is 18.6 Å². The molecule has 14 heavy (non-hydrogen) atoms. The van der Waals surface area contributed by atoms with Crippen molar-refractivity contribution in [1.29, 1.82) is 0 Å². The largest absolute Gasteiger partial charge is 0.390 e. The Kier molecular flexibility index (Phi) is 3.60. The molecule has 2 N–H and O–H groups in total. The van der Waals surface area contributed by atoms with Crippen molar-refractivity contribution in [1.82, 2.24) is 0 Å². The van der Waals surface area contributed by atoms with E-state index in [2.05, 4.69) is 15.9 Å². The molecule has 0 saturated heterocycles. The highest BCUT2D eigenvalue weighted by Gasteiger charge is 2.31. The van der Waals surface area contributed by atoms with E-state index in [1.807, 2.05) is 6.92 Å². The summed E-state index contributed by atoms with van der Waals surface area (Å²) in [5.74, 6) is 0. The van der Waals surface area contributed by atoms with Crippen molar-refractivity contribution in [3.05, 3.63) is 20.3 Å². The minimum atomic E-state index is -4.20. The molecular weight excluding hydrogens is 279 g/mol. The second-order valence-corrected chi connectivity index (χ2v) is 5.12. The molecular formula is C8H9BrF3NS. The highest BCUT2D eigenvalue weighted by molar-refractivity contribution is 9.10. The monoisotopic (exact) mass is 287 g/mol. The van der Waals surface area contributed by atoms with Gasteiger partial charge in [0.1, 0.15) is 0 Å². The Morgan fingerprint density at radius 1 is 1.57 bits per heavy atom. The lowest BCUT2D eigenvalue weighted by Gasteiger charge is -2.11. The van der Waals surface area contributed by atoms with Crippen LogP contribution >= 0.6 is 27.3 Å². The van der Waals surface area contributed by atoms with Gasteiger partial charge in [0, 0.05) is 20.3 Å². The van der Waals surface area contributed by atoms with Crippen LogP contribution in [0.5, 0.6) is 0 Å². The van der Waals surface area contributed by atoms with Gasteiger partial charge in [0.15, 0.2) is 0 Å². The molecule has 1 nitrogen and oxygen atoms in total. The Hall–Kier alpha value is -0.0700. The molecule has 6 heteroatoms. The molecule has 0 aliphatic rings. The third kappa shape index (κ3) is 3.25. The zero-order valence-corrected chi connectivity index (χ0v) is 9.76. The van der Waals surface area contributed by atoms with E-state index in [1.54, 1.807) is 6.07 Å². The van der Waals surface area contributed by atoms with Crippen molar-refractivity contribution in [3.8, 4) is 0 Å². The lowest BCUT2D eigenvalue weighted by Crippen LogP contribution is -2.19. The third-order valence-electron chi connectivity index (χ3n) is 1.69. The fourth-order valence-electron chi connectivity index (χ4n) is 1.01. The minimum Gasteiger partial charge on any atom is -0.323 e. The summed E-state index contributed by atoms with van der Waals surface area (Å²) in [6, 6.07) is 0.696. The maximum Gasteiger partial charge on any atom is 0.390 e. The van der Waals surface area contributed by atoms with Gasteiger partial charge in [-0.05, 0) is 28.9 Å². The summed E-state index contributed by atoms with van der Waals surface area (Å²) >= 11 is 4.53. The average Bonchev–Trinajstić information content (AvgIpc) is 2.28. The summed E-state index contributed by atoms with van der Waals surface area (Å²) in [7, 11) is 0. The first-order valence-corrected chi connectivity index (χ1v) is 5.48. The van der Waals surface area contributed by atoms with E-state index in [9.17, 15) is 13.2 Å². The molecule has 80 valence electrons. The van der Waals surface area contributed by atoms with Gasteiger partial charge in [0.25, 0.3) is 0 Å². The minimum absolute atomic E-state index is 0.562. The molecule has 1 atom stereocenters. The van der Waals surface area contributed by atoms with Crippen LogP contribution in [0.4, 0.5) is 13.2 Å². The Morgan fingerprint density at radius 3 is 2.50 bits per heavy atom. The van der Waals surface area contributed by atoms with Crippen molar-refractivity contribution in [2.24, 2.45) is 5.73 Å². The van der Waals surface area contributed by atoms with Crippen molar-refractivity contribution in [2.75, 3.05) is 0 Å². The van der Waals surface area contributed by atoms with Gasteiger partial charge in [-0.3, -0.25) is 0 Å². The summed E-state index contributed by atoms with van der Waals surface area (Å²) in [5, 5.41) is 0. The summed E-state index contributed by atoms with van der Waals surface area (Å²) in [4.78, 5) is 1.50. The Labute approximate surface area is 92.2 Å². The number of nitrogens with two attached hydrogens (primary N) is 1. The number of alkyl halides is 3. The third-order valence-corrected chi connectivity index (χ3v) is 3.96. The Balaban J connectivity index is 2.75. The number of aryl methyl sites for hydroxylation is 1. The normalized spacial score (nSPS) is 14.4. The van der Waals surface area contributed by atoms with Crippen LogP contribution in [0, 0.1) is 6.92 Å². The molecule has 0 amide bonds. The quantitative estimate of drug-likeness (QED) is 0.880. The van der Waals surface area contributed by atoms with Crippen molar-refractivity contribution >= 4 is 27.3 Å². The predicted molar refractivity (Wildman–Crippen MR) is 54.4 cm³/mol. The predicted octanol–water partition coefficient (Wildman–Crippen LogP) is 3.77. The van der Waals surface area contributed by atoms with Gasteiger partial charge in [-0.15, -0.1) is 11.3 Å². The van der Waals surface area contributed by atoms with Crippen LogP contribution in [-0.2, 0) is 0 Å². The molecule has 0 aliphatic carbocycles. The standard InChI is InChI=1S/C8H9BrF3NS/c1-4-5(9)2-7(14-4)6(13)3-8(10,11)12/h2,6H,3,13H2,1H3. The molecule has 0 radical (unpaired) electrons. The van der Waals surface area contributed by atoms with Crippen LogP contribution in [0.2, 0.25) is 0 Å². The van der Waals surface area contributed by atoms with Crippen LogP contribution in [-0.4, -0.2) is 6.18 Å². The molecule has 0 bridgehead atoms. The molecule has 1 aromatic heterocycles. The lowest BCUT2D eigenvalue weighted by molar-refractivity contribution is -0.138. The molecule has 1 rings (SSSR count). The highest BCUT2D eigenvalue weighted by Crippen LogP contribution is 2.34. The maximum absolute atomic E-state index is 12.0. The molecule has 1 unspecified atom stereocenters. The van der Waals surface area contributed by atoms with Crippen LogP contribution in [0.1, 0.15) is 22.2 Å². The molecule has 0 spiro atoms. The summed E-state index contributed by atoms with van der Waals surface area (Å²) in [6.45, 7) is 1.83. The average molecular weight is 288 g/mol. The molecule has 0 aromatic carbocycles. The van der Waals surface area contributed by atoms with Crippen LogP contribution in [0.25, 0.3) is 0 Å². The number of thiophene rings is 1. The summed E-state index contributed by atoms with van der Waals surface area (Å²) in [5.41, 5.74) is 5.43. The maximum atomic E-state index is 12.0. The topological polar surface area (TPSA) is 26.0 Å². The van der Waals surface area contributed by atoms with Gasteiger partial charge in [0.2, 0.25) is 0 Å². The van der Waals surface area contributed by atoms with Gasteiger partial charge in [-0.25, -0.2) is 0 Å².